The molecule has 0 radical (unpaired) electrons. The van der Waals surface area contributed by atoms with Crippen molar-refractivity contribution in [2.75, 3.05) is 13.2 Å². The molecule has 9 heteroatoms. The van der Waals surface area contributed by atoms with E-state index >= 15 is 0 Å². The van der Waals surface area contributed by atoms with E-state index in [0.29, 0.717) is 25.7 Å². The molecule has 0 unspecified atom stereocenters. The van der Waals surface area contributed by atoms with Crippen molar-refractivity contribution in [3.8, 4) is 11.5 Å². The molecule has 1 rings (SSSR count). The number of esters is 3. The van der Waals surface area contributed by atoms with Gasteiger partial charge in [-0.25, -0.2) is 4.79 Å². The summed E-state index contributed by atoms with van der Waals surface area (Å²) in [4.78, 5) is 44.2. The van der Waals surface area contributed by atoms with Crippen LogP contribution in [0.3, 0.4) is 0 Å². The summed E-state index contributed by atoms with van der Waals surface area (Å²) in [5.74, 6) is -1.76. The van der Waals surface area contributed by atoms with Gasteiger partial charge in [-0.2, -0.15) is 0 Å². The lowest BCUT2D eigenvalue weighted by Crippen LogP contribution is -2.12. The molecule has 1 aromatic carbocycles. The van der Waals surface area contributed by atoms with Crippen LogP contribution in [0.2, 0.25) is 0 Å². The molecule has 0 saturated carbocycles. The van der Waals surface area contributed by atoms with Crippen molar-refractivity contribution in [2.24, 2.45) is 0 Å². The van der Waals surface area contributed by atoms with Crippen molar-refractivity contribution in [1.82, 2.24) is 0 Å². The van der Waals surface area contributed by atoms with Gasteiger partial charge in [-0.3, -0.25) is 19.7 Å². The van der Waals surface area contributed by atoms with E-state index in [1.54, 1.807) is 0 Å². The summed E-state index contributed by atoms with van der Waals surface area (Å²) in [6.07, 6.45) is 2.38. The van der Waals surface area contributed by atoms with Crippen molar-refractivity contribution in [3.63, 3.8) is 0 Å². The molecule has 1 aromatic rings. The van der Waals surface area contributed by atoms with Crippen LogP contribution in [0, 0.1) is 10.1 Å². The number of nitrogens with zero attached hydrogens (tertiary/aromatic N) is 1. The number of hydrogen-bond donors (Lipinski definition) is 0. The van der Waals surface area contributed by atoms with Gasteiger partial charge in [-0.1, -0.05) is 0 Å². The summed E-state index contributed by atoms with van der Waals surface area (Å²) in [6, 6.07) is 4.00. The molecule has 0 aliphatic rings. The Kier molecular flexibility index (Phi) is 8.76. The highest BCUT2D eigenvalue weighted by Crippen LogP contribution is 2.25. The summed E-state index contributed by atoms with van der Waals surface area (Å²) in [5, 5.41) is 10.2. The van der Waals surface area contributed by atoms with Crippen LogP contribution in [0.1, 0.15) is 49.9 Å². The number of benzene rings is 1. The van der Waals surface area contributed by atoms with Crippen molar-refractivity contribution < 1.29 is 33.5 Å². The van der Waals surface area contributed by atoms with Crippen LogP contribution in [-0.4, -0.2) is 36.0 Å². The number of hydrogen-bond acceptors (Lipinski definition) is 8. The molecule has 26 heavy (non-hydrogen) atoms. The Morgan fingerprint density at radius 2 is 1.65 bits per heavy atom. The van der Waals surface area contributed by atoms with Gasteiger partial charge in [0.2, 0.25) is 6.54 Å². The third-order valence-corrected chi connectivity index (χ3v) is 3.15. The smallest absolute Gasteiger partial charge is 0.342 e. The largest absolute Gasteiger partial charge is 0.462 e. The molecule has 0 saturated heterocycles. The van der Waals surface area contributed by atoms with Crippen LogP contribution in [0.15, 0.2) is 18.2 Å². The second-order valence-electron chi connectivity index (χ2n) is 5.45. The van der Waals surface area contributed by atoms with E-state index < -0.39 is 17.9 Å². The quantitative estimate of drug-likeness (QED) is 0.203. The van der Waals surface area contributed by atoms with Crippen LogP contribution < -0.4 is 9.47 Å². The molecule has 0 aliphatic heterocycles. The van der Waals surface area contributed by atoms with Gasteiger partial charge in [0.25, 0.3) is 0 Å². The molecule has 0 heterocycles. The average Bonchev–Trinajstić information content (AvgIpc) is 2.54. The third kappa shape index (κ3) is 8.22. The van der Waals surface area contributed by atoms with Crippen LogP contribution in [-0.2, 0) is 14.3 Å². The van der Waals surface area contributed by atoms with Crippen LogP contribution in [0.4, 0.5) is 0 Å². The fourth-order valence-corrected chi connectivity index (χ4v) is 2.08. The normalized spacial score (nSPS) is 10.1. The first kappa shape index (κ1) is 21.1. The number of carbonyl (C=O) groups is 3. The molecule has 0 spiro atoms. The zero-order chi connectivity index (χ0) is 19.5. The predicted molar refractivity (Wildman–Crippen MR) is 89.7 cm³/mol. The van der Waals surface area contributed by atoms with Gasteiger partial charge in [0, 0.05) is 25.2 Å². The van der Waals surface area contributed by atoms with Gasteiger partial charge >= 0.3 is 17.9 Å². The highest BCUT2D eigenvalue weighted by Gasteiger charge is 2.17. The first-order valence-corrected chi connectivity index (χ1v) is 8.09. The second kappa shape index (κ2) is 10.8. The lowest BCUT2D eigenvalue weighted by molar-refractivity contribution is -0.480. The van der Waals surface area contributed by atoms with E-state index in [0.717, 1.165) is 0 Å². The molecule has 0 N–H and O–H groups in total. The van der Waals surface area contributed by atoms with E-state index in [4.69, 9.17) is 14.2 Å². The monoisotopic (exact) mass is 367 g/mol. The third-order valence-electron chi connectivity index (χ3n) is 3.15. The molecular weight excluding hydrogens is 346 g/mol. The minimum Gasteiger partial charge on any atom is -0.462 e. The summed E-state index contributed by atoms with van der Waals surface area (Å²) in [6.45, 7) is 2.46. The molecule has 0 amide bonds. The summed E-state index contributed by atoms with van der Waals surface area (Å²) >= 11 is 0. The zero-order valence-electron chi connectivity index (χ0n) is 14.7. The lowest BCUT2D eigenvalue weighted by Gasteiger charge is -2.11. The molecule has 0 fully saturated rings. The van der Waals surface area contributed by atoms with E-state index in [9.17, 15) is 24.5 Å². The number of ether oxygens (including phenoxy) is 3. The highest BCUT2D eigenvalue weighted by molar-refractivity contribution is 5.94. The number of carbonyl (C=O) groups excluding carboxylic acids is 3. The van der Waals surface area contributed by atoms with Gasteiger partial charge < -0.3 is 14.2 Å². The van der Waals surface area contributed by atoms with Crippen molar-refractivity contribution in [2.45, 2.75) is 39.5 Å². The van der Waals surface area contributed by atoms with Crippen LogP contribution >= 0.6 is 0 Å². The summed E-state index contributed by atoms with van der Waals surface area (Å²) in [5.41, 5.74) is -0.0349. The van der Waals surface area contributed by atoms with E-state index in [-0.39, 0.29) is 35.1 Å². The van der Waals surface area contributed by atoms with E-state index in [1.807, 2.05) is 0 Å². The number of rotatable bonds is 10. The highest BCUT2D eigenvalue weighted by atomic mass is 16.6. The second-order valence-corrected chi connectivity index (χ2v) is 5.45. The lowest BCUT2D eigenvalue weighted by atomic mass is 10.2. The maximum atomic E-state index is 12.2. The molecular formula is C17H21NO8. The topological polar surface area (TPSA) is 122 Å². The Balaban J connectivity index is 2.62. The van der Waals surface area contributed by atoms with E-state index in [1.165, 1.54) is 32.0 Å². The first-order chi connectivity index (χ1) is 12.3. The Bertz CT molecular complexity index is 671. The van der Waals surface area contributed by atoms with E-state index in [2.05, 4.69) is 0 Å². The maximum absolute atomic E-state index is 12.2. The van der Waals surface area contributed by atoms with Gasteiger partial charge in [-0.05, 0) is 37.5 Å². The molecule has 0 aliphatic carbocycles. The Hall–Kier alpha value is -2.97. The minimum absolute atomic E-state index is 0.00406. The first-order valence-electron chi connectivity index (χ1n) is 8.09. The fraction of sp³-hybridized carbons (Fsp3) is 0.471. The molecule has 0 bridgehead atoms. The molecule has 142 valence electrons. The van der Waals surface area contributed by atoms with Gasteiger partial charge in [-0.15, -0.1) is 0 Å². The Morgan fingerprint density at radius 1 is 1.00 bits per heavy atom. The Morgan fingerprint density at radius 3 is 2.27 bits per heavy atom. The standard InChI is InChI=1S/C17H21NO8/c1-12(19)25-14-7-8-16(26-13(2)20)15(11-14)17(21)24-10-6-4-3-5-9-18(22)23/h7-8,11H,3-6,9-10H2,1-2H3. The van der Waals surface area contributed by atoms with Crippen molar-refractivity contribution in [1.29, 1.82) is 0 Å². The maximum Gasteiger partial charge on any atom is 0.342 e. The molecule has 0 atom stereocenters. The Labute approximate surface area is 150 Å². The summed E-state index contributed by atoms with van der Waals surface area (Å²) < 4.78 is 15.0. The summed E-state index contributed by atoms with van der Waals surface area (Å²) in [7, 11) is 0. The van der Waals surface area contributed by atoms with Crippen molar-refractivity contribution in [3.05, 3.63) is 33.9 Å². The fourth-order valence-electron chi connectivity index (χ4n) is 2.08. The molecule has 9 nitrogen and oxygen atoms in total. The minimum atomic E-state index is -0.722. The predicted octanol–water partition coefficient (Wildman–Crippen LogP) is 2.53. The number of nitro groups is 1. The van der Waals surface area contributed by atoms with Gasteiger partial charge in [0.1, 0.15) is 17.1 Å². The zero-order valence-corrected chi connectivity index (χ0v) is 14.7. The van der Waals surface area contributed by atoms with Gasteiger partial charge in [0.05, 0.1) is 6.61 Å². The van der Waals surface area contributed by atoms with Gasteiger partial charge in [0.15, 0.2) is 0 Å². The number of unbranched alkanes of at least 4 members (excludes halogenated alkanes) is 3. The molecule has 0 aromatic heterocycles. The van der Waals surface area contributed by atoms with Crippen LogP contribution in [0.25, 0.3) is 0 Å². The average molecular weight is 367 g/mol. The SMILES string of the molecule is CC(=O)Oc1ccc(OC(C)=O)c(C(=O)OCCCCCC[N+](=O)[O-])c1. The van der Waals surface area contributed by atoms with Crippen LogP contribution in [0.5, 0.6) is 11.5 Å². The van der Waals surface area contributed by atoms with Crippen molar-refractivity contribution >= 4 is 17.9 Å².